The normalized spacial score (nSPS) is 23.8. The van der Waals surface area contributed by atoms with Crippen LogP contribution in [0.3, 0.4) is 0 Å². The van der Waals surface area contributed by atoms with Gasteiger partial charge in [-0.15, -0.1) is 0 Å². The van der Waals surface area contributed by atoms with Crippen molar-refractivity contribution in [3.05, 3.63) is 17.6 Å². The lowest BCUT2D eigenvalue weighted by atomic mass is 10.0. The zero-order valence-electron chi connectivity index (χ0n) is 14.4. The van der Waals surface area contributed by atoms with E-state index in [9.17, 15) is 10.0 Å². The maximum atomic E-state index is 12.3. The van der Waals surface area contributed by atoms with Crippen molar-refractivity contribution in [1.29, 1.82) is 0 Å². The molecule has 1 aliphatic heterocycles. The van der Waals surface area contributed by atoms with Gasteiger partial charge < -0.3 is 21.0 Å². The van der Waals surface area contributed by atoms with Crippen molar-refractivity contribution in [2.75, 3.05) is 12.8 Å². The molecule has 2 aromatic rings. The van der Waals surface area contributed by atoms with Crippen LogP contribution in [0.1, 0.15) is 49.1 Å². The Hall–Kier alpha value is -2.35. The van der Waals surface area contributed by atoms with E-state index in [1.54, 1.807) is 24.7 Å². The van der Waals surface area contributed by atoms with E-state index >= 15 is 0 Å². The van der Waals surface area contributed by atoms with Gasteiger partial charge in [0.25, 0.3) is 17.4 Å². The molecule has 24 heavy (non-hydrogen) atoms. The third-order valence-corrected chi connectivity index (χ3v) is 4.71. The molecule has 3 atom stereocenters. The second-order valence-corrected chi connectivity index (χ2v) is 6.35. The summed E-state index contributed by atoms with van der Waals surface area (Å²) in [6.45, 7) is 5.84. The summed E-state index contributed by atoms with van der Waals surface area (Å²) in [5.41, 5.74) is 6.84. The van der Waals surface area contributed by atoms with Gasteiger partial charge in [0.2, 0.25) is 5.82 Å². The average Bonchev–Trinajstić information content (AvgIpc) is 3.12. The van der Waals surface area contributed by atoms with Gasteiger partial charge in [-0.2, -0.15) is 0 Å². The molecule has 130 valence electrons. The van der Waals surface area contributed by atoms with Crippen molar-refractivity contribution >= 4 is 22.8 Å². The molecule has 8 heteroatoms. The minimum atomic E-state index is -0.284. The van der Waals surface area contributed by atoms with Gasteiger partial charge in [0.05, 0.1) is 17.9 Å². The number of hydrogen-bond acceptors (Lipinski definition) is 5. The molecule has 0 bridgehead atoms. The number of ether oxygens (including phenoxy) is 1. The molecular weight excluding hydrogens is 310 g/mol. The first-order chi connectivity index (χ1) is 11.4. The Morgan fingerprint density at radius 1 is 1.62 bits per heavy atom. The first kappa shape index (κ1) is 16.5. The lowest BCUT2D eigenvalue weighted by Gasteiger charge is -2.15. The molecule has 0 radical (unpaired) electrons. The maximum absolute atomic E-state index is 12.3. The summed E-state index contributed by atoms with van der Waals surface area (Å²) in [5.74, 6) is 0.523. The Morgan fingerprint density at radius 3 is 2.92 bits per heavy atom. The van der Waals surface area contributed by atoms with E-state index in [1.807, 2.05) is 0 Å². The number of nitrogens with zero attached hydrogens (tertiary/aromatic N) is 3. The van der Waals surface area contributed by atoms with Crippen molar-refractivity contribution in [1.82, 2.24) is 14.9 Å². The van der Waals surface area contributed by atoms with Crippen LogP contribution in [0.15, 0.2) is 6.20 Å². The Bertz CT molecular complexity index is 801. The van der Waals surface area contributed by atoms with Crippen LogP contribution in [0.4, 0.5) is 5.82 Å². The van der Waals surface area contributed by atoms with Crippen molar-refractivity contribution in [3.8, 4) is 0 Å². The number of hydrogen-bond donors (Lipinski definition) is 3. The minimum absolute atomic E-state index is 0.165. The van der Waals surface area contributed by atoms with Crippen LogP contribution >= 0.6 is 0 Å². The number of nitrogens with two attached hydrogens (primary N) is 1. The molecule has 3 heterocycles. The predicted octanol–water partition coefficient (Wildman–Crippen LogP) is 1.14. The second-order valence-electron chi connectivity index (χ2n) is 6.35. The number of aromatic nitrogens is 3. The van der Waals surface area contributed by atoms with Crippen LogP contribution < -0.4 is 15.8 Å². The molecule has 0 aromatic carbocycles. The Morgan fingerprint density at radius 2 is 2.33 bits per heavy atom. The molecule has 3 rings (SSSR count). The molecule has 0 saturated carbocycles. The van der Waals surface area contributed by atoms with Gasteiger partial charge in [-0.3, -0.25) is 4.79 Å². The zero-order chi connectivity index (χ0) is 17.6. The molecule has 4 N–H and O–H groups in total. The topological polar surface area (TPSA) is 106 Å². The highest BCUT2D eigenvalue weighted by molar-refractivity contribution is 6.08. The first-order valence-electron chi connectivity index (χ1n) is 8.18. The van der Waals surface area contributed by atoms with E-state index in [4.69, 9.17) is 10.5 Å². The van der Waals surface area contributed by atoms with Crippen LogP contribution in [0.25, 0.3) is 11.0 Å². The predicted molar refractivity (Wildman–Crippen MR) is 87.6 cm³/mol. The summed E-state index contributed by atoms with van der Waals surface area (Å²) in [4.78, 5) is 16.4. The average molecular weight is 334 g/mol. The third-order valence-electron chi connectivity index (χ3n) is 4.71. The number of carbonyl (C=O) groups is 1. The standard InChI is InChI=1S/C16H23N5O3/c1-5-10-6-8(2)16(24-10)20-7-11(14(22)18-4)12-13(17)19-9(3)21(23)15(12)20/h7-8,10,16-17,23H,5-6H2,1-4H3,(H,18,22)/p+1/t8-,10-,16-/m1/s1. The van der Waals surface area contributed by atoms with Gasteiger partial charge in [0.15, 0.2) is 6.23 Å². The van der Waals surface area contributed by atoms with Gasteiger partial charge in [-0.05, 0) is 12.8 Å². The van der Waals surface area contributed by atoms with Crippen molar-refractivity contribution in [3.63, 3.8) is 0 Å². The minimum Gasteiger partial charge on any atom is -0.371 e. The molecule has 0 aliphatic carbocycles. The number of nitrogens with one attached hydrogen (secondary N) is 1. The van der Waals surface area contributed by atoms with Crippen molar-refractivity contribution in [2.45, 2.75) is 45.9 Å². The number of anilines is 1. The fourth-order valence-corrected chi connectivity index (χ4v) is 3.43. The second kappa shape index (κ2) is 5.94. The lowest BCUT2D eigenvalue weighted by Crippen LogP contribution is -2.38. The highest BCUT2D eigenvalue weighted by atomic mass is 16.5. The number of nitrogen functional groups attached to an aromatic ring is 1. The molecule has 2 aromatic heterocycles. The molecule has 1 aliphatic rings. The molecule has 1 saturated heterocycles. The Labute approximate surface area is 140 Å². The smallest absolute Gasteiger partial charge is 0.282 e. The van der Waals surface area contributed by atoms with Gasteiger partial charge in [0, 0.05) is 19.9 Å². The lowest BCUT2D eigenvalue weighted by molar-refractivity contribution is -0.892. The summed E-state index contributed by atoms with van der Waals surface area (Å²) in [5, 5.41) is 13.5. The van der Waals surface area contributed by atoms with Gasteiger partial charge in [-0.25, -0.2) is 4.57 Å². The number of carbonyl (C=O) groups excluding carboxylic acids is 1. The number of rotatable bonds is 3. The van der Waals surface area contributed by atoms with E-state index < -0.39 is 0 Å². The van der Waals surface area contributed by atoms with Gasteiger partial charge in [-0.1, -0.05) is 23.6 Å². The highest BCUT2D eigenvalue weighted by Crippen LogP contribution is 2.38. The quantitative estimate of drug-likeness (QED) is 0.576. The Balaban J connectivity index is 2.27. The zero-order valence-corrected chi connectivity index (χ0v) is 14.4. The third kappa shape index (κ3) is 2.37. The number of aryl methyl sites for hydroxylation is 1. The summed E-state index contributed by atoms with van der Waals surface area (Å²) in [7, 11) is 1.55. The number of amides is 1. The summed E-state index contributed by atoms with van der Waals surface area (Å²) in [6, 6.07) is 0. The van der Waals surface area contributed by atoms with Crippen LogP contribution in [0.2, 0.25) is 0 Å². The van der Waals surface area contributed by atoms with E-state index in [0.717, 1.165) is 17.6 Å². The van der Waals surface area contributed by atoms with E-state index in [-0.39, 0.29) is 30.0 Å². The van der Waals surface area contributed by atoms with E-state index in [2.05, 4.69) is 24.1 Å². The largest absolute Gasteiger partial charge is 0.371 e. The molecule has 0 unspecified atom stereocenters. The monoisotopic (exact) mass is 334 g/mol. The fourth-order valence-electron chi connectivity index (χ4n) is 3.43. The first-order valence-corrected chi connectivity index (χ1v) is 8.18. The van der Waals surface area contributed by atoms with Gasteiger partial charge >= 0.3 is 0 Å². The number of fused-ring (bicyclic) bond motifs is 1. The van der Waals surface area contributed by atoms with Crippen molar-refractivity contribution < 1.29 is 19.5 Å². The maximum Gasteiger partial charge on any atom is 0.282 e. The fraction of sp³-hybridized carbons (Fsp3) is 0.562. The van der Waals surface area contributed by atoms with Crippen LogP contribution in [0.5, 0.6) is 0 Å². The van der Waals surface area contributed by atoms with Gasteiger partial charge in [0.1, 0.15) is 5.39 Å². The van der Waals surface area contributed by atoms with Crippen LogP contribution in [-0.4, -0.2) is 33.8 Å². The van der Waals surface area contributed by atoms with Crippen LogP contribution in [-0.2, 0) is 4.74 Å². The molecule has 1 fully saturated rings. The van der Waals surface area contributed by atoms with E-state index in [0.29, 0.717) is 22.4 Å². The summed E-state index contributed by atoms with van der Waals surface area (Å²) < 4.78 is 8.89. The molecule has 8 nitrogen and oxygen atoms in total. The van der Waals surface area contributed by atoms with Crippen molar-refractivity contribution in [2.24, 2.45) is 5.92 Å². The SMILES string of the molecule is CC[C@@H]1C[C@@H](C)[C@H](n2cc(C(=O)NC)c3c(N)nc(C)[n+](O)c32)O1. The van der Waals surface area contributed by atoms with E-state index in [1.165, 1.54) is 0 Å². The molecule has 1 amide bonds. The summed E-state index contributed by atoms with van der Waals surface area (Å²) in [6.07, 6.45) is 3.44. The summed E-state index contributed by atoms with van der Waals surface area (Å²) >= 11 is 0. The Kier molecular flexibility index (Phi) is 4.08. The van der Waals surface area contributed by atoms with Crippen LogP contribution in [0, 0.1) is 12.8 Å². The highest BCUT2D eigenvalue weighted by Gasteiger charge is 2.38. The molecular formula is C16H24N5O3+. The molecule has 0 spiro atoms.